The largest absolute Gasteiger partial charge is 0.305 e. The van der Waals surface area contributed by atoms with Gasteiger partial charge in [0.15, 0.2) is 0 Å². The van der Waals surface area contributed by atoms with Gasteiger partial charge in [0.25, 0.3) is 17.7 Å². The van der Waals surface area contributed by atoms with Crippen molar-refractivity contribution in [3.8, 4) is 0 Å². The van der Waals surface area contributed by atoms with Crippen LogP contribution in [0.5, 0.6) is 0 Å². The van der Waals surface area contributed by atoms with Crippen molar-refractivity contribution >= 4 is 23.4 Å². The number of fused-ring (bicyclic) bond motifs is 2. The summed E-state index contributed by atoms with van der Waals surface area (Å²) in [6.45, 7) is 8.48. The number of amides is 3. The summed E-state index contributed by atoms with van der Waals surface area (Å²) in [7, 11) is 0. The molecule has 206 valence electrons. The van der Waals surface area contributed by atoms with E-state index >= 15 is 0 Å². The molecule has 0 fully saturated rings. The first-order valence-electron chi connectivity index (χ1n) is 14.1. The molecule has 41 heavy (non-hydrogen) atoms. The van der Waals surface area contributed by atoms with Crippen LogP contribution in [0.1, 0.15) is 70.2 Å². The van der Waals surface area contributed by atoms with Gasteiger partial charge in [-0.15, -0.1) is 0 Å². The minimum atomic E-state index is -0.999. The molecule has 2 unspecified atom stereocenters. The highest BCUT2D eigenvalue weighted by Gasteiger charge is 2.51. The molecule has 0 radical (unpaired) electrons. The van der Waals surface area contributed by atoms with Crippen molar-refractivity contribution in [3.05, 3.63) is 137 Å². The normalized spacial score (nSPS) is 20.0. The number of rotatable bonds is 5. The summed E-state index contributed by atoms with van der Waals surface area (Å²) < 4.78 is 0. The van der Waals surface area contributed by atoms with Crippen molar-refractivity contribution in [2.45, 2.75) is 57.5 Å². The Hall–Kier alpha value is -4.51. The molecule has 0 N–H and O–H groups in total. The van der Waals surface area contributed by atoms with E-state index in [1.165, 1.54) is 16.0 Å². The van der Waals surface area contributed by atoms with Gasteiger partial charge < -0.3 is 4.90 Å². The molecule has 0 saturated carbocycles. The summed E-state index contributed by atoms with van der Waals surface area (Å²) in [6.07, 6.45) is 0.904. The lowest BCUT2D eigenvalue weighted by molar-refractivity contribution is -0.123. The van der Waals surface area contributed by atoms with Crippen LogP contribution >= 0.6 is 0 Å². The molecule has 0 aliphatic carbocycles. The molecular formula is C36H34N2O3. The van der Waals surface area contributed by atoms with Gasteiger partial charge >= 0.3 is 0 Å². The fraction of sp³-hybridized carbons (Fsp3) is 0.250. The van der Waals surface area contributed by atoms with E-state index in [1.54, 1.807) is 24.3 Å². The average Bonchev–Trinajstić information content (AvgIpc) is 3.21. The van der Waals surface area contributed by atoms with Crippen LogP contribution in [0, 0.1) is 6.92 Å². The van der Waals surface area contributed by atoms with Gasteiger partial charge in [-0.05, 0) is 62.1 Å². The molecule has 0 bridgehead atoms. The van der Waals surface area contributed by atoms with E-state index in [2.05, 4.69) is 58.0 Å². The molecule has 6 rings (SSSR count). The Morgan fingerprint density at radius 2 is 1.32 bits per heavy atom. The van der Waals surface area contributed by atoms with E-state index in [0.29, 0.717) is 17.5 Å². The van der Waals surface area contributed by atoms with Gasteiger partial charge in [-0.25, -0.2) is 0 Å². The van der Waals surface area contributed by atoms with E-state index in [1.807, 2.05) is 53.4 Å². The second-order valence-corrected chi connectivity index (χ2v) is 12.1. The third-order valence-electron chi connectivity index (χ3n) is 8.73. The number of benzene rings is 4. The molecule has 2 heterocycles. The van der Waals surface area contributed by atoms with Crippen molar-refractivity contribution < 1.29 is 14.4 Å². The van der Waals surface area contributed by atoms with Gasteiger partial charge in [0.1, 0.15) is 6.04 Å². The van der Waals surface area contributed by atoms with Crippen LogP contribution in [0.2, 0.25) is 0 Å². The van der Waals surface area contributed by atoms with Crippen molar-refractivity contribution in [3.63, 3.8) is 0 Å². The van der Waals surface area contributed by atoms with Crippen LogP contribution in [-0.4, -0.2) is 34.2 Å². The quantitative estimate of drug-likeness (QED) is 0.263. The first kappa shape index (κ1) is 26.7. The van der Waals surface area contributed by atoms with Crippen molar-refractivity contribution in [2.24, 2.45) is 0 Å². The van der Waals surface area contributed by atoms with Crippen molar-refractivity contribution in [1.29, 1.82) is 0 Å². The molecule has 2 aliphatic rings. The Labute approximate surface area is 241 Å². The zero-order chi connectivity index (χ0) is 28.9. The fourth-order valence-electron chi connectivity index (χ4n) is 6.86. The molecule has 4 aromatic rings. The molecule has 5 nitrogen and oxygen atoms in total. The van der Waals surface area contributed by atoms with Gasteiger partial charge in [0, 0.05) is 23.1 Å². The highest BCUT2D eigenvalue weighted by Crippen LogP contribution is 2.50. The number of nitrogens with zero attached hydrogens (tertiary/aromatic N) is 2. The Morgan fingerprint density at radius 1 is 0.756 bits per heavy atom. The third kappa shape index (κ3) is 4.37. The maximum atomic E-state index is 14.9. The Balaban J connectivity index is 1.48. The van der Waals surface area contributed by atoms with Gasteiger partial charge in [0.05, 0.1) is 11.1 Å². The van der Waals surface area contributed by atoms with Crippen molar-refractivity contribution in [2.75, 3.05) is 4.90 Å². The molecule has 3 amide bonds. The minimum Gasteiger partial charge on any atom is -0.305 e. The topological polar surface area (TPSA) is 57.7 Å². The van der Waals surface area contributed by atoms with E-state index in [4.69, 9.17) is 0 Å². The van der Waals surface area contributed by atoms with E-state index in [0.717, 1.165) is 16.8 Å². The highest BCUT2D eigenvalue weighted by molar-refractivity contribution is 6.23. The van der Waals surface area contributed by atoms with Crippen LogP contribution in [0.25, 0.3) is 0 Å². The predicted octanol–water partition coefficient (Wildman–Crippen LogP) is 6.72. The number of para-hydroxylation sites is 1. The molecule has 2 aliphatic heterocycles. The first-order chi connectivity index (χ1) is 19.6. The van der Waals surface area contributed by atoms with Crippen molar-refractivity contribution in [1.82, 2.24) is 4.90 Å². The zero-order valence-corrected chi connectivity index (χ0v) is 23.9. The lowest BCUT2D eigenvalue weighted by Crippen LogP contribution is -2.61. The molecule has 0 spiro atoms. The van der Waals surface area contributed by atoms with Gasteiger partial charge in [-0.3, -0.25) is 19.3 Å². The number of carbonyl (C=O) groups is 3. The minimum absolute atomic E-state index is 0.231. The van der Waals surface area contributed by atoms with Crippen LogP contribution < -0.4 is 4.90 Å². The fourth-order valence-corrected chi connectivity index (χ4v) is 6.86. The SMILES string of the molecule is Cc1ccc(C2(C)CC(C)(C)N(C(=O)C(Cc3ccccc3)N3C(=O)c4ccccc4C3=O)c3ccccc32)cc1. The number of imide groups is 1. The maximum absolute atomic E-state index is 14.9. The molecule has 0 aromatic heterocycles. The van der Waals surface area contributed by atoms with E-state index < -0.39 is 23.4 Å². The lowest BCUT2D eigenvalue weighted by Gasteiger charge is -2.52. The highest BCUT2D eigenvalue weighted by atomic mass is 16.2. The van der Waals surface area contributed by atoms with E-state index in [9.17, 15) is 14.4 Å². The van der Waals surface area contributed by atoms with Gasteiger partial charge in [-0.2, -0.15) is 0 Å². The standard InChI is InChI=1S/C36H34N2O3/c1-24-18-20-26(21-19-24)36(4)23-35(2,3)38(30-17-11-10-16-29(30)36)34(41)31(22-25-12-6-5-7-13-25)37-32(39)27-14-8-9-15-28(27)33(37)40/h5-21,31H,22-23H2,1-4H3. The molecule has 2 atom stereocenters. The Kier molecular flexibility index (Phi) is 6.41. The number of carbonyl (C=O) groups excluding carboxylic acids is 3. The van der Waals surface area contributed by atoms with E-state index in [-0.39, 0.29) is 17.7 Å². The van der Waals surface area contributed by atoms with Crippen LogP contribution in [0.3, 0.4) is 0 Å². The van der Waals surface area contributed by atoms with Crippen LogP contribution in [-0.2, 0) is 16.6 Å². The lowest BCUT2D eigenvalue weighted by atomic mass is 9.65. The summed E-state index contributed by atoms with van der Waals surface area (Å²) in [5, 5.41) is 0. The molecule has 5 heteroatoms. The molecule has 4 aromatic carbocycles. The monoisotopic (exact) mass is 542 g/mol. The van der Waals surface area contributed by atoms with Crippen LogP contribution in [0.4, 0.5) is 5.69 Å². The number of aryl methyl sites for hydroxylation is 1. The second kappa shape index (κ2) is 9.84. The Bertz CT molecular complexity index is 1620. The summed E-state index contributed by atoms with van der Waals surface area (Å²) >= 11 is 0. The summed E-state index contributed by atoms with van der Waals surface area (Å²) in [4.78, 5) is 45.3. The Morgan fingerprint density at radius 3 is 1.95 bits per heavy atom. The average molecular weight is 543 g/mol. The van der Waals surface area contributed by atoms with Crippen LogP contribution in [0.15, 0.2) is 103 Å². The summed E-state index contributed by atoms with van der Waals surface area (Å²) in [6, 6.07) is 32.1. The van der Waals surface area contributed by atoms with Gasteiger partial charge in [0.2, 0.25) is 0 Å². The number of hydrogen-bond donors (Lipinski definition) is 0. The summed E-state index contributed by atoms with van der Waals surface area (Å²) in [5.74, 6) is -1.10. The first-order valence-corrected chi connectivity index (χ1v) is 14.1. The molecular weight excluding hydrogens is 508 g/mol. The smallest absolute Gasteiger partial charge is 0.262 e. The molecule has 0 saturated heterocycles. The maximum Gasteiger partial charge on any atom is 0.262 e. The predicted molar refractivity (Wildman–Crippen MR) is 161 cm³/mol. The zero-order valence-electron chi connectivity index (χ0n) is 23.9. The number of anilines is 1. The third-order valence-corrected chi connectivity index (χ3v) is 8.73. The van der Waals surface area contributed by atoms with Gasteiger partial charge in [-0.1, -0.05) is 97.4 Å². The number of hydrogen-bond acceptors (Lipinski definition) is 3. The summed E-state index contributed by atoms with van der Waals surface area (Å²) in [5.41, 5.74) is 4.87. The second-order valence-electron chi connectivity index (χ2n) is 12.1.